The van der Waals surface area contributed by atoms with Crippen molar-refractivity contribution in [3.8, 4) is 0 Å². The molecule has 0 unspecified atom stereocenters. The minimum absolute atomic E-state index is 0. The fourth-order valence-corrected chi connectivity index (χ4v) is 2.30. The molecule has 8 nitrogen and oxygen atoms in total. The van der Waals surface area contributed by atoms with Crippen molar-refractivity contribution in [2.24, 2.45) is 0 Å². The summed E-state index contributed by atoms with van der Waals surface area (Å²) in [5.41, 5.74) is 0. The maximum atomic E-state index is 5.16. The van der Waals surface area contributed by atoms with Gasteiger partial charge in [0.15, 0.2) is 0 Å². The van der Waals surface area contributed by atoms with Gasteiger partial charge in [0.1, 0.15) is 26.4 Å². The van der Waals surface area contributed by atoms with Crippen LogP contribution in [0, 0.1) is 0 Å². The van der Waals surface area contributed by atoms with Crippen molar-refractivity contribution in [2.45, 2.75) is 79.8 Å². The minimum Gasteiger partial charge on any atom is -0.511 e. The van der Waals surface area contributed by atoms with E-state index in [-0.39, 0.29) is 63.0 Å². The van der Waals surface area contributed by atoms with E-state index >= 15 is 0 Å². The molecule has 0 aromatic rings. The van der Waals surface area contributed by atoms with Gasteiger partial charge < -0.3 is 137 Å². The first-order valence-electron chi connectivity index (χ1n) is 12.3. The van der Waals surface area contributed by atoms with Crippen LogP contribution in [0.1, 0.15) is 55.4 Å². The number of hydrogen-bond donors (Lipinski definition) is 0. The van der Waals surface area contributed by atoms with E-state index in [1.54, 1.807) is 0 Å². The third-order valence-electron chi connectivity index (χ3n) is 3.02. The summed E-state index contributed by atoms with van der Waals surface area (Å²) in [5, 5.41) is 0. The maximum absolute atomic E-state index is 5.16. The second kappa shape index (κ2) is 39.0. The predicted octanol–water partition coefficient (Wildman–Crippen LogP) is 5.04. The first-order valence-corrected chi connectivity index (χ1v) is 15.6. The number of rotatable bonds is 16. The Bertz CT molecular complexity index is 526. The van der Waals surface area contributed by atoms with Crippen LogP contribution >= 0.6 is 48.9 Å². The van der Waals surface area contributed by atoms with Crippen LogP contribution < -0.4 is 0 Å². The van der Waals surface area contributed by atoms with Gasteiger partial charge in [0.05, 0.1) is 50.8 Å². The molecule has 0 radical (unpaired) electrons. The van der Waals surface area contributed by atoms with Crippen molar-refractivity contribution in [1.29, 1.82) is 0 Å². The van der Waals surface area contributed by atoms with Gasteiger partial charge in [0.2, 0.25) is 0 Å². The molecule has 0 amide bonds. The second-order valence-corrected chi connectivity index (χ2v) is 12.1. The smallest absolute Gasteiger partial charge is 0.511 e. The molecule has 246 valence electrons. The van der Waals surface area contributed by atoms with Crippen LogP contribution in [-0.4, -0.2) is 94.8 Å². The van der Waals surface area contributed by atoms with E-state index in [4.69, 9.17) is 37.9 Å². The zero-order valence-electron chi connectivity index (χ0n) is 24.8. The molecular formula is C24H44O8PtS8. The Balaban J connectivity index is -0.000000139. The van der Waals surface area contributed by atoms with E-state index in [0.29, 0.717) is 52.9 Å². The summed E-state index contributed by atoms with van der Waals surface area (Å²) in [6.45, 7) is 19.7. The molecule has 41 heavy (non-hydrogen) atoms. The summed E-state index contributed by atoms with van der Waals surface area (Å²) < 4.78 is 40.5. The van der Waals surface area contributed by atoms with Crippen LogP contribution in [0.3, 0.4) is 0 Å². The van der Waals surface area contributed by atoms with Gasteiger partial charge in [-0.2, -0.15) is 0 Å². The zero-order chi connectivity index (χ0) is 31.9. The molecule has 0 aliphatic carbocycles. The van der Waals surface area contributed by atoms with Gasteiger partial charge in [0.25, 0.3) is 0 Å². The Kier molecular flexibility index (Phi) is 49.0. The van der Waals surface area contributed by atoms with Crippen molar-refractivity contribution in [1.82, 2.24) is 0 Å². The van der Waals surface area contributed by atoms with Crippen molar-refractivity contribution < 1.29 is 59.0 Å². The van der Waals surface area contributed by atoms with Gasteiger partial charge in [-0.25, -0.2) is 0 Å². The summed E-state index contributed by atoms with van der Waals surface area (Å²) in [6, 6.07) is 0. The van der Waals surface area contributed by atoms with Crippen LogP contribution in [0.15, 0.2) is 0 Å². The average molecular weight is 912 g/mol. The third kappa shape index (κ3) is 74.1. The molecule has 0 spiro atoms. The van der Waals surface area contributed by atoms with Gasteiger partial charge in [0, 0.05) is 17.5 Å². The third-order valence-corrected chi connectivity index (χ3v) is 3.96. The molecule has 17 heteroatoms. The summed E-state index contributed by atoms with van der Waals surface area (Å²) in [6.07, 6.45) is 0.953. The molecule has 0 saturated carbocycles. The second-order valence-electron chi connectivity index (χ2n) is 8.07. The molecule has 0 aliphatic heterocycles. The van der Waals surface area contributed by atoms with E-state index in [0.717, 1.165) is 0 Å². The zero-order valence-corrected chi connectivity index (χ0v) is 33.6. The Labute approximate surface area is 306 Å². The summed E-state index contributed by atoms with van der Waals surface area (Å²) >= 11 is 36.1. The Morgan fingerprint density at radius 2 is 0.537 bits per heavy atom. The fraction of sp³-hybridized carbons (Fsp3) is 0.833. The average Bonchev–Trinajstić information content (AvgIpc) is 2.80. The molecule has 0 aliphatic rings. The normalized spacial score (nSPS) is 9.66. The van der Waals surface area contributed by atoms with E-state index in [1.165, 1.54) is 0 Å². The van der Waals surface area contributed by atoms with Crippen molar-refractivity contribution in [2.75, 3.05) is 52.9 Å². The van der Waals surface area contributed by atoms with E-state index in [1.807, 2.05) is 55.4 Å². The summed E-state index contributed by atoms with van der Waals surface area (Å²) in [4.78, 5) is 0. The molecule has 0 rings (SSSR count). The molecule has 0 fully saturated rings. The molecule has 0 heterocycles. The number of hydrogen-bond acceptors (Lipinski definition) is 16. The van der Waals surface area contributed by atoms with E-state index in [2.05, 4.69) is 99.4 Å². The van der Waals surface area contributed by atoms with Gasteiger partial charge in [-0.15, -0.1) is 0 Å². The SMILES string of the molecule is CC(C)OCCOC(=S)[S-].CC(C)OCCOC(=S)[S-].CC(C)OCCOC(=S)[S-].CC(C)OCCOC(=S)[S-].[Pt+4]. The molecule has 0 aromatic heterocycles. The summed E-state index contributed by atoms with van der Waals surface area (Å²) in [7, 11) is 0. The fourth-order valence-electron chi connectivity index (χ4n) is 1.64. The molecular weight excluding hydrogens is 868 g/mol. The van der Waals surface area contributed by atoms with Crippen LogP contribution in [-0.2, 0) is 109 Å². The first-order chi connectivity index (χ1) is 18.5. The Hall–Kier alpha value is 0.968. The van der Waals surface area contributed by atoms with Crippen molar-refractivity contribution in [3.05, 3.63) is 0 Å². The Morgan fingerprint density at radius 3 is 0.634 bits per heavy atom. The van der Waals surface area contributed by atoms with E-state index in [9.17, 15) is 0 Å². The largest absolute Gasteiger partial charge is 4.00 e. The van der Waals surface area contributed by atoms with Gasteiger partial charge in [-0.3, -0.25) is 0 Å². The van der Waals surface area contributed by atoms with Crippen LogP contribution in [0.5, 0.6) is 0 Å². The minimum atomic E-state index is 0. The quantitative estimate of drug-likeness (QED) is 0.118. The Morgan fingerprint density at radius 1 is 0.390 bits per heavy atom. The standard InChI is InChI=1S/4C6H12O2S2.Pt/c4*1-5(2)7-3-4-8-6(9)10;/h4*5H,3-4H2,1-2H3,(H,9,10);/q;;;;+4/p-4. The molecule has 0 saturated heterocycles. The summed E-state index contributed by atoms with van der Waals surface area (Å²) in [5.74, 6) is 0. The molecule has 0 bridgehead atoms. The molecule has 0 atom stereocenters. The molecule has 0 N–H and O–H groups in total. The van der Waals surface area contributed by atoms with Crippen LogP contribution in [0.4, 0.5) is 0 Å². The van der Waals surface area contributed by atoms with E-state index < -0.39 is 0 Å². The number of thiocarbonyl (C=S) groups is 4. The maximum Gasteiger partial charge on any atom is 4.00 e. The van der Waals surface area contributed by atoms with Gasteiger partial charge in [-0.05, 0) is 55.4 Å². The van der Waals surface area contributed by atoms with Crippen LogP contribution in [0.2, 0.25) is 0 Å². The van der Waals surface area contributed by atoms with Crippen molar-refractivity contribution in [3.63, 3.8) is 0 Å². The van der Waals surface area contributed by atoms with Crippen molar-refractivity contribution >= 4 is 117 Å². The van der Waals surface area contributed by atoms with Gasteiger partial charge >= 0.3 is 21.1 Å². The predicted molar refractivity (Wildman–Crippen MR) is 188 cm³/mol. The monoisotopic (exact) mass is 911 g/mol. The van der Waals surface area contributed by atoms with Crippen LogP contribution in [0.25, 0.3) is 0 Å². The first kappa shape index (κ1) is 51.5. The topological polar surface area (TPSA) is 73.8 Å². The number of ether oxygens (including phenoxy) is 8. The molecule has 0 aromatic carbocycles. The van der Waals surface area contributed by atoms with Gasteiger partial charge in [-0.1, -0.05) is 0 Å².